The summed E-state index contributed by atoms with van der Waals surface area (Å²) in [4.78, 5) is 0.280. The fraction of sp³-hybridized carbons (Fsp3) is 0.100. The van der Waals surface area contributed by atoms with Crippen molar-refractivity contribution in [3.8, 4) is 29.4 Å². The van der Waals surface area contributed by atoms with Crippen molar-refractivity contribution >= 4 is 9.84 Å². The number of hydrogen-bond acceptors (Lipinski definition) is 3. The summed E-state index contributed by atoms with van der Waals surface area (Å²) >= 11 is 0. The van der Waals surface area contributed by atoms with Gasteiger partial charge in [-0.05, 0) is 48.6 Å². The molecule has 2 rings (SSSR count). The largest absolute Gasteiger partial charge is 0.497 e. The molecule has 3 nitrogen and oxygen atoms in total. The maximum Gasteiger partial charge on any atom is 0.189 e. The first-order valence-corrected chi connectivity index (χ1v) is 8.84. The molecule has 0 amide bonds. The minimum atomic E-state index is -3.36. The highest BCUT2D eigenvalue weighted by atomic mass is 32.2. The van der Waals surface area contributed by atoms with E-state index in [2.05, 4.69) is 23.7 Å². The summed E-state index contributed by atoms with van der Waals surface area (Å²) in [6.07, 6.45) is 3.13. The molecule has 0 heterocycles. The molecule has 0 bridgehead atoms. The van der Waals surface area contributed by atoms with Gasteiger partial charge < -0.3 is 4.74 Å². The Hall–Kier alpha value is -2.95. The van der Waals surface area contributed by atoms with Crippen LogP contribution in [0.15, 0.2) is 71.6 Å². The standard InChI is InChI=1S/C20H16O3S/c1-23-19-15-13-18(14-16-19)10-6-3-2-4-9-17-24(21,22)20-11-7-5-8-12-20/h2-3,5,7-8,11-16H,17H2,1H3/b3-2-. The molecule has 0 aliphatic carbocycles. The predicted octanol–water partition coefficient (Wildman–Crippen LogP) is 3.08. The fourth-order valence-corrected chi connectivity index (χ4v) is 2.80. The summed E-state index contributed by atoms with van der Waals surface area (Å²) < 4.78 is 29.1. The van der Waals surface area contributed by atoms with Crippen molar-refractivity contribution in [3.63, 3.8) is 0 Å². The van der Waals surface area contributed by atoms with E-state index < -0.39 is 9.84 Å². The van der Waals surface area contributed by atoms with E-state index >= 15 is 0 Å². The van der Waals surface area contributed by atoms with Crippen LogP contribution in [0.25, 0.3) is 0 Å². The fourth-order valence-electron chi connectivity index (χ4n) is 1.79. The van der Waals surface area contributed by atoms with E-state index in [1.807, 2.05) is 24.3 Å². The van der Waals surface area contributed by atoms with Crippen molar-refractivity contribution < 1.29 is 13.2 Å². The van der Waals surface area contributed by atoms with E-state index in [1.165, 1.54) is 6.08 Å². The van der Waals surface area contributed by atoms with Gasteiger partial charge in [0.2, 0.25) is 0 Å². The van der Waals surface area contributed by atoms with Gasteiger partial charge in [-0.25, -0.2) is 8.42 Å². The van der Waals surface area contributed by atoms with Gasteiger partial charge in [0.25, 0.3) is 0 Å². The van der Waals surface area contributed by atoms with Gasteiger partial charge in [-0.1, -0.05) is 41.9 Å². The van der Waals surface area contributed by atoms with Crippen molar-refractivity contribution in [1.29, 1.82) is 0 Å². The van der Waals surface area contributed by atoms with Crippen LogP contribution in [0, 0.1) is 23.7 Å². The molecule has 2 aromatic rings. The lowest BCUT2D eigenvalue weighted by atomic mass is 10.2. The van der Waals surface area contributed by atoms with Gasteiger partial charge in [0.1, 0.15) is 11.5 Å². The Morgan fingerprint density at radius 2 is 1.62 bits per heavy atom. The first-order chi connectivity index (χ1) is 11.6. The lowest BCUT2D eigenvalue weighted by Crippen LogP contribution is -2.04. The second-order valence-corrected chi connectivity index (χ2v) is 6.71. The second kappa shape index (κ2) is 8.62. The molecular weight excluding hydrogens is 320 g/mol. The molecular formula is C20H16O3S. The summed E-state index contributed by atoms with van der Waals surface area (Å²) in [5.74, 6) is 11.7. The highest BCUT2D eigenvalue weighted by Crippen LogP contribution is 2.10. The van der Waals surface area contributed by atoms with Crippen molar-refractivity contribution in [2.24, 2.45) is 0 Å². The predicted molar refractivity (Wildman–Crippen MR) is 95.3 cm³/mol. The van der Waals surface area contributed by atoms with Crippen LogP contribution in [0.2, 0.25) is 0 Å². The van der Waals surface area contributed by atoms with Crippen LogP contribution in [0.5, 0.6) is 5.75 Å². The quantitative estimate of drug-likeness (QED) is 0.809. The van der Waals surface area contributed by atoms with E-state index in [0.29, 0.717) is 0 Å². The summed E-state index contributed by atoms with van der Waals surface area (Å²) in [5, 5.41) is 0. The third-order valence-electron chi connectivity index (χ3n) is 3.02. The van der Waals surface area contributed by atoms with Gasteiger partial charge in [-0.2, -0.15) is 0 Å². The molecule has 120 valence electrons. The smallest absolute Gasteiger partial charge is 0.189 e. The molecule has 24 heavy (non-hydrogen) atoms. The molecule has 0 saturated carbocycles. The molecule has 0 unspecified atom stereocenters. The number of rotatable bonds is 3. The van der Waals surface area contributed by atoms with Gasteiger partial charge in [-0.3, -0.25) is 0 Å². The van der Waals surface area contributed by atoms with Gasteiger partial charge >= 0.3 is 0 Å². The Labute approximate surface area is 142 Å². The Morgan fingerprint density at radius 1 is 0.958 bits per heavy atom. The van der Waals surface area contributed by atoms with E-state index in [-0.39, 0.29) is 10.6 Å². The van der Waals surface area contributed by atoms with Gasteiger partial charge in [-0.15, -0.1) is 0 Å². The van der Waals surface area contributed by atoms with Crippen molar-refractivity contribution in [2.45, 2.75) is 4.90 Å². The summed E-state index contributed by atoms with van der Waals surface area (Å²) in [6.45, 7) is 0. The molecule has 0 atom stereocenters. The van der Waals surface area contributed by atoms with Crippen molar-refractivity contribution in [1.82, 2.24) is 0 Å². The molecule has 4 heteroatoms. The van der Waals surface area contributed by atoms with Gasteiger partial charge in [0, 0.05) is 5.56 Å². The Morgan fingerprint density at radius 3 is 2.29 bits per heavy atom. The Kier molecular flexibility index (Phi) is 6.25. The zero-order valence-electron chi connectivity index (χ0n) is 13.2. The summed E-state index contributed by atoms with van der Waals surface area (Å²) in [5.41, 5.74) is 0.861. The number of allylic oxidation sites excluding steroid dienone is 2. The minimum absolute atomic E-state index is 0.215. The zero-order chi connectivity index (χ0) is 17.3. The summed E-state index contributed by atoms with van der Waals surface area (Å²) in [7, 11) is -1.75. The van der Waals surface area contributed by atoms with Crippen LogP contribution in [-0.4, -0.2) is 21.3 Å². The van der Waals surface area contributed by atoms with Crippen LogP contribution < -0.4 is 4.74 Å². The average molecular weight is 336 g/mol. The number of ether oxygens (including phenoxy) is 1. The first-order valence-electron chi connectivity index (χ1n) is 7.18. The first kappa shape index (κ1) is 17.4. The molecule has 0 saturated heterocycles. The van der Waals surface area contributed by atoms with E-state index in [1.54, 1.807) is 43.5 Å². The van der Waals surface area contributed by atoms with Crippen molar-refractivity contribution in [2.75, 3.05) is 12.9 Å². The number of methoxy groups -OCH3 is 1. The number of benzene rings is 2. The molecule has 0 aliphatic heterocycles. The Bertz CT molecular complexity index is 918. The van der Waals surface area contributed by atoms with E-state index in [9.17, 15) is 8.42 Å². The molecule has 0 aromatic heterocycles. The van der Waals surface area contributed by atoms with Crippen LogP contribution in [-0.2, 0) is 9.84 Å². The summed E-state index contributed by atoms with van der Waals surface area (Å²) in [6, 6.07) is 15.7. The maximum atomic E-state index is 12.0. The average Bonchev–Trinajstić information content (AvgIpc) is 2.62. The third kappa shape index (κ3) is 5.35. The van der Waals surface area contributed by atoms with E-state index in [4.69, 9.17) is 4.74 Å². The molecule has 0 fully saturated rings. The molecule has 0 spiro atoms. The number of hydrogen-bond donors (Lipinski definition) is 0. The second-order valence-electron chi connectivity index (χ2n) is 4.72. The Balaban J connectivity index is 1.91. The maximum absolute atomic E-state index is 12.0. The molecule has 2 aromatic carbocycles. The topological polar surface area (TPSA) is 43.4 Å². The lowest BCUT2D eigenvalue weighted by molar-refractivity contribution is 0.415. The minimum Gasteiger partial charge on any atom is -0.497 e. The van der Waals surface area contributed by atoms with Gasteiger partial charge in [0.15, 0.2) is 9.84 Å². The van der Waals surface area contributed by atoms with Gasteiger partial charge in [0.05, 0.1) is 12.0 Å². The molecule has 0 N–H and O–H groups in total. The highest BCUT2D eigenvalue weighted by Gasteiger charge is 2.10. The van der Waals surface area contributed by atoms with Crippen LogP contribution in [0.3, 0.4) is 0 Å². The van der Waals surface area contributed by atoms with E-state index in [0.717, 1.165) is 11.3 Å². The third-order valence-corrected chi connectivity index (χ3v) is 4.54. The monoisotopic (exact) mass is 336 g/mol. The van der Waals surface area contributed by atoms with Crippen LogP contribution >= 0.6 is 0 Å². The zero-order valence-corrected chi connectivity index (χ0v) is 14.0. The van der Waals surface area contributed by atoms with Crippen molar-refractivity contribution in [3.05, 3.63) is 72.3 Å². The lowest BCUT2D eigenvalue weighted by Gasteiger charge is -1.98. The van der Waals surface area contributed by atoms with Crippen LogP contribution in [0.1, 0.15) is 5.56 Å². The molecule has 0 radical (unpaired) electrons. The SMILES string of the molecule is COc1ccc(C#C/C=C\C#CCS(=O)(=O)c2ccccc2)cc1. The normalized spacial score (nSPS) is 10.4. The van der Waals surface area contributed by atoms with Crippen LogP contribution in [0.4, 0.5) is 0 Å². The number of sulfone groups is 1. The molecule has 0 aliphatic rings. The highest BCUT2D eigenvalue weighted by molar-refractivity contribution is 7.91.